The number of nitrogens with zero attached hydrogens (tertiary/aromatic N) is 5. The maximum absolute atomic E-state index is 4.69. The van der Waals surface area contributed by atoms with Crippen molar-refractivity contribution in [2.24, 2.45) is 5.10 Å². The van der Waals surface area contributed by atoms with E-state index < -0.39 is 0 Å². The van der Waals surface area contributed by atoms with E-state index in [0.29, 0.717) is 0 Å². The van der Waals surface area contributed by atoms with E-state index in [1.807, 2.05) is 42.5 Å². The number of anilines is 1. The van der Waals surface area contributed by atoms with E-state index >= 15 is 0 Å². The highest BCUT2D eigenvalue weighted by Crippen LogP contribution is 2.21. The average Bonchev–Trinajstić information content (AvgIpc) is 2.70. The first-order valence-corrected chi connectivity index (χ1v) is 7.48. The van der Waals surface area contributed by atoms with E-state index in [2.05, 4.69) is 25.5 Å². The van der Waals surface area contributed by atoms with Crippen LogP contribution in [-0.2, 0) is 0 Å². The van der Waals surface area contributed by atoms with Crippen LogP contribution in [0.1, 0.15) is 11.1 Å². The van der Waals surface area contributed by atoms with Crippen LogP contribution < -0.4 is 10.5 Å². The molecule has 6 heteroatoms. The SMILES string of the molecule is C1=C(c2ccncc2)NN(c2ccncc2)N=C1c1ccncc1. The molecule has 3 aromatic rings. The summed E-state index contributed by atoms with van der Waals surface area (Å²) in [5, 5.41) is 6.43. The van der Waals surface area contributed by atoms with Crippen molar-refractivity contribution in [2.75, 3.05) is 5.12 Å². The summed E-state index contributed by atoms with van der Waals surface area (Å²) >= 11 is 0. The van der Waals surface area contributed by atoms with E-state index in [9.17, 15) is 0 Å². The molecule has 0 atom stereocenters. The van der Waals surface area contributed by atoms with Crippen LogP contribution in [-0.4, -0.2) is 20.7 Å². The van der Waals surface area contributed by atoms with Gasteiger partial charge in [-0.25, -0.2) is 0 Å². The molecule has 3 aromatic heterocycles. The zero-order chi connectivity index (χ0) is 16.2. The molecule has 116 valence electrons. The fourth-order valence-corrected chi connectivity index (χ4v) is 2.40. The van der Waals surface area contributed by atoms with Gasteiger partial charge in [0.25, 0.3) is 0 Å². The van der Waals surface area contributed by atoms with E-state index in [0.717, 1.165) is 28.2 Å². The van der Waals surface area contributed by atoms with Gasteiger partial charge in [0, 0.05) is 48.3 Å². The molecular weight excluding hydrogens is 300 g/mol. The van der Waals surface area contributed by atoms with Gasteiger partial charge >= 0.3 is 0 Å². The molecule has 1 N–H and O–H groups in total. The van der Waals surface area contributed by atoms with Crippen molar-refractivity contribution in [2.45, 2.75) is 0 Å². The number of nitrogens with one attached hydrogen (secondary N) is 1. The molecule has 0 bridgehead atoms. The normalized spacial score (nSPS) is 13.8. The Hall–Kier alpha value is -3.54. The third-order valence-electron chi connectivity index (χ3n) is 3.59. The second-order valence-electron chi connectivity index (χ2n) is 5.14. The summed E-state index contributed by atoms with van der Waals surface area (Å²) in [6.45, 7) is 0. The van der Waals surface area contributed by atoms with Gasteiger partial charge in [-0.3, -0.25) is 20.4 Å². The molecule has 0 aliphatic carbocycles. The lowest BCUT2D eigenvalue weighted by molar-refractivity contribution is 0.786. The number of hydrazine groups is 1. The molecule has 6 nitrogen and oxygen atoms in total. The Morgan fingerprint density at radius 1 is 0.667 bits per heavy atom. The van der Waals surface area contributed by atoms with Gasteiger partial charge < -0.3 is 0 Å². The molecule has 1 aliphatic heterocycles. The van der Waals surface area contributed by atoms with Gasteiger partial charge in [0.15, 0.2) is 0 Å². The Labute approximate surface area is 139 Å². The molecule has 0 saturated heterocycles. The smallest absolute Gasteiger partial charge is 0.0951 e. The van der Waals surface area contributed by atoms with Gasteiger partial charge in [-0.2, -0.15) is 10.2 Å². The summed E-state index contributed by atoms with van der Waals surface area (Å²) in [6.07, 6.45) is 12.6. The van der Waals surface area contributed by atoms with Gasteiger partial charge in [0.1, 0.15) is 0 Å². The summed E-state index contributed by atoms with van der Waals surface area (Å²) < 4.78 is 0. The molecule has 0 amide bonds. The molecule has 24 heavy (non-hydrogen) atoms. The van der Waals surface area contributed by atoms with E-state index in [4.69, 9.17) is 0 Å². The minimum absolute atomic E-state index is 0.847. The molecule has 0 saturated carbocycles. The topological polar surface area (TPSA) is 66.3 Å². The zero-order valence-electron chi connectivity index (χ0n) is 12.7. The highest BCUT2D eigenvalue weighted by molar-refractivity contribution is 6.13. The predicted octanol–water partition coefficient (Wildman–Crippen LogP) is 2.64. The summed E-state index contributed by atoms with van der Waals surface area (Å²) in [7, 11) is 0. The Morgan fingerprint density at radius 2 is 1.21 bits per heavy atom. The summed E-state index contributed by atoms with van der Waals surface area (Å²) in [6, 6.07) is 11.6. The first-order chi connectivity index (χ1) is 11.9. The van der Waals surface area contributed by atoms with Gasteiger partial charge in [0.2, 0.25) is 0 Å². The van der Waals surface area contributed by atoms with Crippen LogP contribution in [0.15, 0.2) is 84.8 Å². The molecule has 1 aliphatic rings. The van der Waals surface area contributed by atoms with Gasteiger partial charge in [-0.05, 0) is 42.5 Å². The second kappa shape index (κ2) is 6.29. The summed E-state index contributed by atoms with van der Waals surface area (Å²) in [5.41, 5.74) is 8.04. The van der Waals surface area contributed by atoms with Crippen LogP contribution in [0.5, 0.6) is 0 Å². The minimum Gasteiger partial charge on any atom is -0.277 e. The van der Waals surface area contributed by atoms with Crippen LogP contribution in [0.4, 0.5) is 5.69 Å². The second-order valence-corrected chi connectivity index (χ2v) is 5.14. The van der Waals surface area contributed by atoms with Crippen molar-refractivity contribution in [3.8, 4) is 0 Å². The van der Waals surface area contributed by atoms with Crippen molar-refractivity contribution in [1.82, 2.24) is 20.4 Å². The van der Waals surface area contributed by atoms with Gasteiger partial charge in [-0.15, -0.1) is 0 Å². The Kier molecular flexibility index (Phi) is 3.69. The van der Waals surface area contributed by atoms with Crippen molar-refractivity contribution in [3.63, 3.8) is 0 Å². The van der Waals surface area contributed by atoms with Crippen molar-refractivity contribution in [1.29, 1.82) is 0 Å². The highest BCUT2D eigenvalue weighted by atomic mass is 15.7. The molecular formula is C18H14N6. The fraction of sp³-hybridized carbons (Fsp3) is 0. The van der Waals surface area contributed by atoms with Crippen molar-refractivity contribution in [3.05, 3.63) is 90.8 Å². The maximum Gasteiger partial charge on any atom is 0.0951 e. The Morgan fingerprint density at radius 3 is 1.83 bits per heavy atom. The average molecular weight is 314 g/mol. The predicted molar refractivity (Wildman–Crippen MR) is 92.8 cm³/mol. The van der Waals surface area contributed by atoms with E-state index in [1.54, 1.807) is 42.3 Å². The van der Waals surface area contributed by atoms with E-state index in [-0.39, 0.29) is 0 Å². The third kappa shape index (κ3) is 2.85. The maximum atomic E-state index is 4.69. The number of pyridine rings is 3. The monoisotopic (exact) mass is 314 g/mol. The fourth-order valence-electron chi connectivity index (χ4n) is 2.40. The van der Waals surface area contributed by atoms with Crippen LogP contribution in [0, 0.1) is 0 Å². The Balaban J connectivity index is 1.79. The number of hydrogen-bond acceptors (Lipinski definition) is 6. The van der Waals surface area contributed by atoms with Gasteiger partial charge in [-0.1, -0.05) is 0 Å². The zero-order valence-corrected chi connectivity index (χ0v) is 12.7. The molecule has 0 unspecified atom stereocenters. The largest absolute Gasteiger partial charge is 0.277 e. The van der Waals surface area contributed by atoms with Crippen LogP contribution in [0.25, 0.3) is 5.70 Å². The molecule has 0 spiro atoms. The highest BCUT2D eigenvalue weighted by Gasteiger charge is 2.16. The molecule has 0 radical (unpaired) electrons. The van der Waals surface area contributed by atoms with Gasteiger partial charge in [0.05, 0.1) is 17.1 Å². The van der Waals surface area contributed by atoms with Crippen LogP contribution in [0.3, 0.4) is 0 Å². The number of allylic oxidation sites excluding steroid dienone is 1. The number of hydrazone groups is 1. The van der Waals surface area contributed by atoms with Crippen molar-refractivity contribution < 1.29 is 0 Å². The minimum atomic E-state index is 0.847. The lowest BCUT2D eigenvalue weighted by Crippen LogP contribution is -2.36. The third-order valence-corrected chi connectivity index (χ3v) is 3.59. The standard InChI is InChI=1S/C18H14N6/c1-7-19-8-2-14(1)17-13-18(15-3-9-20-10-4-15)23-24(22-17)16-5-11-21-12-6-16/h1-13,22H. The molecule has 0 fully saturated rings. The quantitative estimate of drug-likeness (QED) is 0.805. The molecule has 4 rings (SSSR count). The Bertz CT molecular complexity index is 875. The van der Waals surface area contributed by atoms with Crippen molar-refractivity contribution >= 4 is 17.1 Å². The summed E-state index contributed by atoms with van der Waals surface area (Å²) in [4.78, 5) is 12.2. The number of rotatable bonds is 3. The lowest BCUT2D eigenvalue weighted by atomic mass is 10.1. The molecule has 0 aromatic carbocycles. The summed E-state index contributed by atoms with van der Waals surface area (Å²) in [5.74, 6) is 0. The van der Waals surface area contributed by atoms with E-state index in [1.165, 1.54) is 0 Å². The van der Waals surface area contributed by atoms with Crippen LogP contribution in [0.2, 0.25) is 0 Å². The first-order valence-electron chi connectivity index (χ1n) is 7.48. The lowest BCUT2D eigenvalue weighted by Gasteiger charge is -2.27. The molecule has 4 heterocycles. The van der Waals surface area contributed by atoms with Crippen LogP contribution >= 0.6 is 0 Å². The first kappa shape index (κ1) is 14.1. The number of hydrogen-bond donors (Lipinski definition) is 1. The number of aromatic nitrogens is 3.